The number of rotatable bonds is 5. The number of aromatic nitrogens is 2. The van der Waals surface area contributed by atoms with E-state index in [1.54, 1.807) is 25.1 Å². The molecule has 0 unspecified atom stereocenters. The maximum Gasteiger partial charge on any atom is 0.416 e. The highest BCUT2D eigenvalue weighted by Crippen LogP contribution is 2.31. The fourth-order valence-electron chi connectivity index (χ4n) is 3.34. The van der Waals surface area contributed by atoms with E-state index in [2.05, 4.69) is 15.3 Å². The number of para-hydroxylation sites is 1. The molecular weight excluding hydrogens is 427 g/mol. The van der Waals surface area contributed by atoms with Crippen LogP contribution in [0, 0.1) is 6.92 Å². The first kappa shape index (κ1) is 20.8. The van der Waals surface area contributed by atoms with Crippen LogP contribution in [-0.4, -0.2) is 21.7 Å². The van der Waals surface area contributed by atoms with Gasteiger partial charge in [-0.1, -0.05) is 36.4 Å². The maximum atomic E-state index is 12.9. The summed E-state index contributed by atoms with van der Waals surface area (Å²) in [5, 5.41) is 3.35. The van der Waals surface area contributed by atoms with Crippen molar-refractivity contribution in [3.05, 3.63) is 82.0 Å². The molecule has 2 aromatic heterocycles. The van der Waals surface area contributed by atoms with Crippen LogP contribution >= 0.6 is 11.3 Å². The lowest BCUT2D eigenvalue weighted by atomic mass is 10.1. The summed E-state index contributed by atoms with van der Waals surface area (Å²) in [7, 11) is 0. The molecule has 1 amide bonds. The number of carbonyl (C=O) groups excluding carboxylic acids is 2. The number of aryl methyl sites for hydroxylation is 1. The van der Waals surface area contributed by atoms with Crippen molar-refractivity contribution in [2.75, 3.05) is 5.32 Å². The molecule has 2 heterocycles. The zero-order valence-electron chi connectivity index (χ0n) is 16.2. The molecule has 0 bridgehead atoms. The van der Waals surface area contributed by atoms with Crippen LogP contribution < -0.4 is 5.32 Å². The van der Waals surface area contributed by atoms with E-state index in [1.807, 2.05) is 12.1 Å². The molecule has 4 rings (SSSR count). The topological polar surface area (TPSA) is 74.8 Å². The van der Waals surface area contributed by atoms with Gasteiger partial charge in [-0.15, -0.1) is 11.3 Å². The van der Waals surface area contributed by atoms with Crippen molar-refractivity contribution in [1.82, 2.24) is 9.97 Å². The summed E-state index contributed by atoms with van der Waals surface area (Å²) in [6, 6.07) is 12.2. The Hall–Kier alpha value is -3.46. The van der Waals surface area contributed by atoms with E-state index in [-0.39, 0.29) is 11.6 Å². The van der Waals surface area contributed by atoms with E-state index < -0.39 is 23.4 Å². The van der Waals surface area contributed by atoms with E-state index >= 15 is 0 Å². The average molecular weight is 443 g/mol. The molecule has 0 spiro atoms. The number of carbonyl (C=O) groups is 2. The number of benzene rings is 2. The molecule has 0 aliphatic carbocycles. The van der Waals surface area contributed by atoms with Gasteiger partial charge in [0, 0.05) is 34.1 Å². The predicted molar refractivity (Wildman–Crippen MR) is 112 cm³/mol. The lowest BCUT2D eigenvalue weighted by Crippen LogP contribution is -2.23. The zero-order chi connectivity index (χ0) is 22.2. The standard InChI is InChI=1S/C22H16F3N3O2S/c1-12-18(16-7-2-3-8-17(16)27-12)19(29)20(30)28-21-26-11-15(31-21)10-13-5-4-6-14(9-13)22(23,24)25/h2-9,11,27H,10H2,1H3,(H,26,28,30). The Balaban J connectivity index is 1.48. The first-order valence-electron chi connectivity index (χ1n) is 9.26. The first-order valence-corrected chi connectivity index (χ1v) is 10.1. The maximum absolute atomic E-state index is 12.9. The van der Waals surface area contributed by atoms with E-state index in [0.717, 1.165) is 29.0 Å². The van der Waals surface area contributed by atoms with Crippen LogP contribution in [0.25, 0.3) is 10.9 Å². The predicted octanol–water partition coefficient (Wildman–Crippen LogP) is 5.36. The molecule has 0 aliphatic heterocycles. The highest BCUT2D eigenvalue weighted by Gasteiger charge is 2.30. The highest BCUT2D eigenvalue weighted by molar-refractivity contribution is 7.15. The zero-order valence-corrected chi connectivity index (χ0v) is 17.0. The third kappa shape index (κ3) is 4.36. The fraction of sp³-hybridized carbons (Fsp3) is 0.136. The van der Waals surface area contributed by atoms with Gasteiger partial charge in [0.1, 0.15) is 0 Å². The Morgan fingerprint density at radius 3 is 2.68 bits per heavy atom. The van der Waals surface area contributed by atoms with E-state index in [9.17, 15) is 22.8 Å². The number of thiazole rings is 1. The quantitative estimate of drug-likeness (QED) is 0.322. The number of nitrogens with zero attached hydrogens (tertiary/aromatic N) is 1. The van der Waals surface area contributed by atoms with Gasteiger partial charge in [-0.2, -0.15) is 13.2 Å². The Kier molecular flexibility index (Phi) is 5.36. The number of halogens is 3. The second-order valence-electron chi connectivity index (χ2n) is 6.96. The number of anilines is 1. The SMILES string of the molecule is Cc1[nH]c2ccccc2c1C(=O)C(=O)Nc1ncc(Cc2cccc(C(F)(F)F)c2)s1. The van der Waals surface area contributed by atoms with Crippen LogP contribution in [-0.2, 0) is 17.4 Å². The normalized spacial score (nSPS) is 11.6. The molecule has 2 aromatic carbocycles. The number of hydrogen-bond donors (Lipinski definition) is 2. The Bertz CT molecular complexity index is 1290. The summed E-state index contributed by atoms with van der Waals surface area (Å²) in [6.45, 7) is 1.72. The second-order valence-corrected chi connectivity index (χ2v) is 8.08. The number of hydrogen-bond acceptors (Lipinski definition) is 4. The van der Waals surface area contributed by atoms with Crippen molar-refractivity contribution in [2.24, 2.45) is 0 Å². The molecule has 0 aliphatic rings. The number of nitrogens with one attached hydrogen (secondary N) is 2. The smallest absolute Gasteiger partial charge is 0.358 e. The largest absolute Gasteiger partial charge is 0.416 e. The molecule has 4 aromatic rings. The van der Waals surface area contributed by atoms with E-state index in [1.165, 1.54) is 12.3 Å². The van der Waals surface area contributed by atoms with Gasteiger partial charge < -0.3 is 4.98 Å². The summed E-state index contributed by atoms with van der Waals surface area (Å²) < 4.78 is 38.6. The first-order chi connectivity index (χ1) is 14.7. The summed E-state index contributed by atoms with van der Waals surface area (Å²) in [5.74, 6) is -1.52. The van der Waals surface area contributed by atoms with Gasteiger partial charge >= 0.3 is 6.18 Å². The summed E-state index contributed by atoms with van der Waals surface area (Å²) in [4.78, 5) is 33.0. The van der Waals surface area contributed by atoms with Gasteiger partial charge in [-0.3, -0.25) is 14.9 Å². The second kappa shape index (κ2) is 7.99. The number of amides is 1. The number of fused-ring (bicyclic) bond motifs is 1. The molecule has 0 radical (unpaired) electrons. The van der Waals surface area contributed by atoms with Crippen LogP contribution in [0.1, 0.15) is 32.1 Å². The summed E-state index contributed by atoms with van der Waals surface area (Å²) in [6.07, 6.45) is -2.71. The van der Waals surface area contributed by atoms with Gasteiger partial charge in [0.25, 0.3) is 11.7 Å². The van der Waals surface area contributed by atoms with Crippen LogP contribution in [0.2, 0.25) is 0 Å². The molecule has 2 N–H and O–H groups in total. The molecular formula is C22H16F3N3O2S. The van der Waals surface area contributed by atoms with Crippen molar-refractivity contribution >= 4 is 39.1 Å². The molecule has 0 fully saturated rings. The van der Waals surface area contributed by atoms with Crippen LogP contribution in [0.3, 0.4) is 0 Å². The third-order valence-electron chi connectivity index (χ3n) is 4.73. The summed E-state index contributed by atoms with van der Waals surface area (Å²) >= 11 is 1.11. The molecule has 158 valence electrons. The minimum Gasteiger partial charge on any atom is -0.358 e. The van der Waals surface area contributed by atoms with E-state index in [4.69, 9.17) is 0 Å². The van der Waals surface area contributed by atoms with Crippen molar-refractivity contribution in [3.8, 4) is 0 Å². The monoisotopic (exact) mass is 443 g/mol. The van der Waals surface area contributed by atoms with Crippen molar-refractivity contribution < 1.29 is 22.8 Å². The van der Waals surface area contributed by atoms with Gasteiger partial charge in [0.05, 0.1) is 11.1 Å². The molecule has 31 heavy (non-hydrogen) atoms. The average Bonchev–Trinajstić information content (AvgIpc) is 3.29. The molecule has 0 saturated heterocycles. The Morgan fingerprint density at radius 2 is 1.90 bits per heavy atom. The van der Waals surface area contributed by atoms with Crippen molar-refractivity contribution in [2.45, 2.75) is 19.5 Å². The fourth-order valence-corrected chi connectivity index (χ4v) is 4.18. The van der Waals surface area contributed by atoms with E-state index in [0.29, 0.717) is 27.1 Å². The minimum atomic E-state index is -4.41. The van der Waals surface area contributed by atoms with Crippen molar-refractivity contribution in [3.63, 3.8) is 0 Å². The van der Waals surface area contributed by atoms with Crippen LogP contribution in [0.5, 0.6) is 0 Å². The van der Waals surface area contributed by atoms with Gasteiger partial charge in [-0.25, -0.2) is 4.98 Å². The van der Waals surface area contributed by atoms with Gasteiger partial charge in [-0.05, 0) is 24.6 Å². The highest BCUT2D eigenvalue weighted by atomic mass is 32.1. The minimum absolute atomic E-state index is 0.206. The van der Waals surface area contributed by atoms with Crippen molar-refractivity contribution in [1.29, 1.82) is 0 Å². The number of alkyl halides is 3. The lowest BCUT2D eigenvalue weighted by molar-refractivity contribution is -0.137. The number of Topliss-reactive ketones (excluding diaryl/α,β-unsaturated/α-hetero) is 1. The molecule has 9 heteroatoms. The Labute approximate surface area is 178 Å². The number of H-pyrrole nitrogens is 1. The Morgan fingerprint density at radius 1 is 1.13 bits per heavy atom. The molecule has 0 atom stereocenters. The van der Waals surface area contributed by atoms with Crippen LogP contribution in [0.4, 0.5) is 18.3 Å². The number of ketones is 1. The lowest BCUT2D eigenvalue weighted by Gasteiger charge is -2.07. The number of aromatic amines is 1. The van der Waals surface area contributed by atoms with Crippen LogP contribution in [0.15, 0.2) is 54.7 Å². The van der Waals surface area contributed by atoms with Gasteiger partial charge in [0.2, 0.25) is 0 Å². The molecule has 5 nitrogen and oxygen atoms in total. The van der Waals surface area contributed by atoms with Gasteiger partial charge in [0.15, 0.2) is 5.13 Å². The molecule has 0 saturated carbocycles. The summed E-state index contributed by atoms with van der Waals surface area (Å²) in [5.41, 5.74) is 1.40. The third-order valence-corrected chi connectivity index (χ3v) is 5.65.